The van der Waals surface area contributed by atoms with Crippen LogP contribution >= 0.6 is 0 Å². The lowest BCUT2D eigenvalue weighted by Gasteiger charge is -2.16. The van der Waals surface area contributed by atoms with Crippen molar-refractivity contribution in [2.24, 2.45) is 5.73 Å². The Labute approximate surface area is 125 Å². The standard InChI is InChI=1S/C18H22FNO/c1-3-13-7-5-6-8-17(13)21-18-10-9-15(19)11-14(18)12-16(20)4-2/h5-11,16H,3-4,12,20H2,1-2H3. The fourth-order valence-corrected chi connectivity index (χ4v) is 2.25. The van der Waals surface area contributed by atoms with Crippen LogP contribution in [0.4, 0.5) is 4.39 Å². The number of nitrogens with two attached hydrogens (primary N) is 1. The van der Waals surface area contributed by atoms with Crippen molar-refractivity contribution in [3.05, 3.63) is 59.4 Å². The first kappa shape index (κ1) is 15.5. The second-order valence-electron chi connectivity index (χ2n) is 5.19. The number of rotatable bonds is 6. The smallest absolute Gasteiger partial charge is 0.130 e. The van der Waals surface area contributed by atoms with Crippen LogP contribution in [0.2, 0.25) is 0 Å². The third-order valence-electron chi connectivity index (χ3n) is 3.60. The molecule has 112 valence electrons. The Morgan fingerprint density at radius 2 is 1.76 bits per heavy atom. The summed E-state index contributed by atoms with van der Waals surface area (Å²) in [7, 11) is 0. The molecule has 2 N–H and O–H groups in total. The Balaban J connectivity index is 2.30. The maximum atomic E-state index is 13.5. The Hall–Kier alpha value is -1.87. The number of benzene rings is 2. The van der Waals surface area contributed by atoms with Gasteiger partial charge in [-0.2, -0.15) is 0 Å². The summed E-state index contributed by atoms with van der Waals surface area (Å²) >= 11 is 0. The molecule has 1 atom stereocenters. The number of halogens is 1. The van der Waals surface area contributed by atoms with Gasteiger partial charge in [0.2, 0.25) is 0 Å². The van der Waals surface area contributed by atoms with E-state index in [0.29, 0.717) is 12.2 Å². The molecular formula is C18H22FNO. The fraction of sp³-hybridized carbons (Fsp3) is 0.333. The minimum Gasteiger partial charge on any atom is -0.457 e. The van der Waals surface area contributed by atoms with Crippen molar-refractivity contribution in [1.82, 2.24) is 0 Å². The quantitative estimate of drug-likeness (QED) is 0.851. The van der Waals surface area contributed by atoms with Crippen molar-refractivity contribution in [3.8, 4) is 11.5 Å². The summed E-state index contributed by atoms with van der Waals surface area (Å²) < 4.78 is 19.5. The molecule has 0 aliphatic rings. The highest BCUT2D eigenvalue weighted by Gasteiger charge is 2.11. The molecule has 0 saturated heterocycles. The highest BCUT2D eigenvalue weighted by molar-refractivity contribution is 5.42. The molecule has 0 saturated carbocycles. The molecule has 3 heteroatoms. The van der Waals surface area contributed by atoms with Gasteiger partial charge >= 0.3 is 0 Å². The molecule has 0 aliphatic carbocycles. The van der Waals surface area contributed by atoms with E-state index in [1.54, 1.807) is 6.07 Å². The summed E-state index contributed by atoms with van der Waals surface area (Å²) in [5, 5.41) is 0. The van der Waals surface area contributed by atoms with Gasteiger partial charge in [-0.05, 0) is 54.7 Å². The fourth-order valence-electron chi connectivity index (χ4n) is 2.25. The van der Waals surface area contributed by atoms with Crippen LogP contribution in [0.5, 0.6) is 11.5 Å². The Bertz CT molecular complexity index is 598. The molecule has 21 heavy (non-hydrogen) atoms. The monoisotopic (exact) mass is 287 g/mol. The van der Waals surface area contributed by atoms with Crippen molar-refractivity contribution >= 4 is 0 Å². The summed E-state index contributed by atoms with van der Waals surface area (Å²) in [6.45, 7) is 4.11. The van der Waals surface area contributed by atoms with Crippen LogP contribution in [0.15, 0.2) is 42.5 Å². The second kappa shape index (κ2) is 7.23. The van der Waals surface area contributed by atoms with Crippen molar-refractivity contribution < 1.29 is 9.13 Å². The van der Waals surface area contributed by atoms with E-state index < -0.39 is 0 Å². The van der Waals surface area contributed by atoms with E-state index in [2.05, 4.69) is 6.92 Å². The van der Waals surface area contributed by atoms with Crippen LogP contribution < -0.4 is 10.5 Å². The minimum atomic E-state index is -0.260. The second-order valence-corrected chi connectivity index (χ2v) is 5.19. The lowest BCUT2D eigenvalue weighted by molar-refractivity contribution is 0.464. The first-order valence-corrected chi connectivity index (χ1v) is 7.43. The van der Waals surface area contributed by atoms with Gasteiger partial charge < -0.3 is 10.5 Å². The molecule has 0 spiro atoms. The average molecular weight is 287 g/mol. The zero-order valence-electron chi connectivity index (χ0n) is 12.6. The third kappa shape index (κ3) is 4.05. The zero-order chi connectivity index (χ0) is 15.2. The van der Waals surface area contributed by atoms with Crippen molar-refractivity contribution in [2.75, 3.05) is 0 Å². The van der Waals surface area contributed by atoms with Gasteiger partial charge in [-0.1, -0.05) is 32.0 Å². The topological polar surface area (TPSA) is 35.2 Å². The number of ether oxygens (including phenoxy) is 1. The molecule has 0 radical (unpaired) electrons. The van der Waals surface area contributed by atoms with E-state index in [-0.39, 0.29) is 11.9 Å². The van der Waals surface area contributed by atoms with Crippen molar-refractivity contribution in [2.45, 2.75) is 39.2 Å². The highest BCUT2D eigenvalue weighted by Crippen LogP contribution is 2.29. The summed E-state index contributed by atoms with van der Waals surface area (Å²) in [4.78, 5) is 0. The first-order chi connectivity index (χ1) is 10.1. The van der Waals surface area contributed by atoms with E-state index in [1.165, 1.54) is 12.1 Å². The van der Waals surface area contributed by atoms with E-state index >= 15 is 0 Å². The highest BCUT2D eigenvalue weighted by atomic mass is 19.1. The number of hydrogen-bond acceptors (Lipinski definition) is 2. The predicted octanol–water partition coefficient (Wildman–Crippen LogP) is 4.46. The predicted molar refractivity (Wildman–Crippen MR) is 84.3 cm³/mol. The van der Waals surface area contributed by atoms with Gasteiger partial charge in [-0.3, -0.25) is 0 Å². The first-order valence-electron chi connectivity index (χ1n) is 7.43. The summed E-state index contributed by atoms with van der Waals surface area (Å²) in [5.41, 5.74) is 7.94. The zero-order valence-corrected chi connectivity index (χ0v) is 12.6. The van der Waals surface area contributed by atoms with Gasteiger partial charge in [0, 0.05) is 6.04 Å². The SMILES string of the molecule is CCc1ccccc1Oc1ccc(F)cc1CC(N)CC. The number of aryl methyl sites for hydroxylation is 1. The van der Waals surface area contributed by atoms with E-state index in [4.69, 9.17) is 10.5 Å². The molecule has 2 aromatic carbocycles. The Morgan fingerprint density at radius 3 is 2.48 bits per heavy atom. The van der Waals surface area contributed by atoms with Crippen LogP contribution in [-0.2, 0) is 12.8 Å². The molecule has 2 nitrogen and oxygen atoms in total. The van der Waals surface area contributed by atoms with Gasteiger partial charge in [-0.25, -0.2) is 4.39 Å². The molecule has 0 bridgehead atoms. The number of hydrogen-bond donors (Lipinski definition) is 1. The minimum absolute atomic E-state index is 0.00979. The van der Waals surface area contributed by atoms with Gasteiger partial charge in [0.25, 0.3) is 0 Å². The Morgan fingerprint density at radius 1 is 1.05 bits per heavy atom. The lowest BCUT2D eigenvalue weighted by Crippen LogP contribution is -2.21. The maximum Gasteiger partial charge on any atom is 0.130 e. The summed E-state index contributed by atoms with van der Waals surface area (Å²) in [5.74, 6) is 1.24. The van der Waals surface area contributed by atoms with Crippen LogP contribution in [0, 0.1) is 5.82 Å². The molecule has 1 unspecified atom stereocenters. The van der Waals surface area contributed by atoms with Gasteiger partial charge in [-0.15, -0.1) is 0 Å². The van der Waals surface area contributed by atoms with E-state index in [1.807, 2.05) is 31.2 Å². The third-order valence-corrected chi connectivity index (χ3v) is 3.60. The lowest BCUT2D eigenvalue weighted by atomic mass is 10.0. The molecule has 0 aromatic heterocycles. The molecule has 0 heterocycles. The van der Waals surface area contributed by atoms with Crippen molar-refractivity contribution in [1.29, 1.82) is 0 Å². The molecule has 0 amide bonds. The summed E-state index contributed by atoms with van der Waals surface area (Å²) in [6.07, 6.45) is 2.35. The van der Waals surface area contributed by atoms with Crippen LogP contribution in [0.1, 0.15) is 31.4 Å². The molecule has 0 fully saturated rings. The Kier molecular flexibility index (Phi) is 5.34. The van der Waals surface area contributed by atoms with Gasteiger partial charge in [0.05, 0.1) is 0 Å². The largest absolute Gasteiger partial charge is 0.457 e. The van der Waals surface area contributed by atoms with Crippen LogP contribution in [0.25, 0.3) is 0 Å². The molecular weight excluding hydrogens is 265 g/mol. The molecule has 2 rings (SSSR count). The average Bonchev–Trinajstić information content (AvgIpc) is 2.50. The molecule has 0 aliphatic heterocycles. The molecule has 2 aromatic rings. The van der Waals surface area contributed by atoms with Crippen LogP contribution in [0.3, 0.4) is 0 Å². The van der Waals surface area contributed by atoms with Crippen molar-refractivity contribution in [3.63, 3.8) is 0 Å². The maximum absolute atomic E-state index is 13.5. The normalized spacial score (nSPS) is 12.2. The van der Waals surface area contributed by atoms with Gasteiger partial charge in [0.15, 0.2) is 0 Å². The van der Waals surface area contributed by atoms with Gasteiger partial charge in [0.1, 0.15) is 17.3 Å². The summed E-state index contributed by atoms with van der Waals surface area (Å²) in [6, 6.07) is 12.5. The van der Waals surface area contributed by atoms with E-state index in [9.17, 15) is 4.39 Å². The number of para-hydroxylation sites is 1. The van der Waals surface area contributed by atoms with Crippen LogP contribution in [-0.4, -0.2) is 6.04 Å². The van der Waals surface area contributed by atoms with E-state index in [0.717, 1.165) is 29.7 Å².